The highest BCUT2D eigenvalue weighted by atomic mass is 127. The van der Waals surface area contributed by atoms with Gasteiger partial charge in [0.2, 0.25) is 0 Å². The van der Waals surface area contributed by atoms with E-state index in [1.165, 1.54) is 0 Å². The molecule has 144 valence electrons. The van der Waals surface area contributed by atoms with Crippen LogP contribution in [0.3, 0.4) is 0 Å². The van der Waals surface area contributed by atoms with Crippen molar-refractivity contribution in [1.29, 1.82) is 0 Å². The monoisotopic (exact) mass is 510 g/mol. The van der Waals surface area contributed by atoms with E-state index in [1.807, 2.05) is 48.0 Å². The van der Waals surface area contributed by atoms with Crippen LogP contribution < -0.4 is 15.4 Å². The summed E-state index contributed by atoms with van der Waals surface area (Å²) in [7, 11) is 3.63. The van der Waals surface area contributed by atoms with E-state index >= 15 is 0 Å². The number of para-hydroxylation sites is 1. The summed E-state index contributed by atoms with van der Waals surface area (Å²) in [6.45, 7) is 2.13. The Labute approximate surface area is 182 Å². The third kappa shape index (κ3) is 7.25. The Morgan fingerprint density at radius 2 is 1.88 bits per heavy atom. The minimum Gasteiger partial charge on any atom is -0.494 e. The minimum absolute atomic E-state index is 0. The molecule has 2 rings (SSSR count). The van der Waals surface area contributed by atoms with Crippen LogP contribution in [0.4, 0.5) is 0 Å². The van der Waals surface area contributed by atoms with Crippen molar-refractivity contribution >= 4 is 53.1 Å². The smallest absolute Gasteiger partial charge is 0.191 e. The first-order valence-electron chi connectivity index (χ1n) is 8.23. The quantitative estimate of drug-likeness (QED) is 0.238. The second-order valence-corrected chi connectivity index (χ2v) is 6.32. The van der Waals surface area contributed by atoms with Gasteiger partial charge in [-0.05, 0) is 31.0 Å². The summed E-state index contributed by atoms with van der Waals surface area (Å²) in [6.07, 6.45) is 1.97. The standard InChI is InChI=1S/C18H24Cl2N4O.HI/c1-21-18(23-13-14-12-16(19)17(20)24(14)2)22-10-6-7-11-25-15-8-4-3-5-9-15;/h3-5,8-9,12H,6-7,10-11,13H2,1-2H3,(H2,21,22,23);1H. The Morgan fingerprint density at radius 1 is 1.15 bits per heavy atom. The lowest BCUT2D eigenvalue weighted by atomic mass is 10.3. The predicted molar refractivity (Wildman–Crippen MR) is 120 cm³/mol. The van der Waals surface area contributed by atoms with Crippen LogP contribution in [0, 0.1) is 0 Å². The van der Waals surface area contributed by atoms with Crippen molar-refractivity contribution in [3.8, 4) is 5.75 Å². The first-order chi connectivity index (χ1) is 12.1. The molecular formula is C18H25Cl2IN4O. The van der Waals surface area contributed by atoms with Gasteiger partial charge in [0.15, 0.2) is 5.96 Å². The Balaban J connectivity index is 0.00000338. The van der Waals surface area contributed by atoms with E-state index in [0.717, 1.165) is 36.8 Å². The Kier molecular flexibility index (Phi) is 10.8. The van der Waals surface area contributed by atoms with Crippen LogP contribution >= 0.6 is 47.2 Å². The molecule has 0 saturated carbocycles. The van der Waals surface area contributed by atoms with Gasteiger partial charge in [0, 0.05) is 26.3 Å². The van der Waals surface area contributed by atoms with E-state index in [0.29, 0.717) is 23.3 Å². The van der Waals surface area contributed by atoms with Gasteiger partial charge in [0.25, 0.3) is 0 Å². The topological polar surface area (TPSA) is 50.6 Å². The molecular weight excluding hydrogens is 486 g/mol. The SMILES string of the molecule is CN=C(NCCCCOc1ccccc1)NCc1cc(Cl)c(Cl)n1C.I. The number of hydrogen-bond acceptors (Lipinski definition) is 2. The van der Waals surface area contributed by atoms with Crippen LogP contribution in [-0.4, -0.2) is 30.7 Å². The zero-order chi connectivity index (χ0) is 18.1. The van der Waals surface area contributed by atoms with Crippen LogP contribution in [-0.2, 0) is 13.6 Å². The third-order valence-corrected chi connectivity index (χ3v) is 4.59. The first kappa shape index (κ1) is 22.9. The van der Waals surface area contributed by atoms with E-state index in [2.05, 4.69) is 15.6 Å². The van der Waals surface area contributed by atoms with E-state index in [-0.39, 0.29) is 24.0 Å². The zero-order valence-electron chi connectivity index (χ0n) is 15.0. The molecule has 0 fully saturated rings. The van der Waals surface area contributed by atoms with Crippen molar-refractivity contribution in [3.05, 3.63) is 52.3 Å². The fourth-order valence-corrected chi connectivity index (χ4v) is 2.71. The summed E-state index contributed by atoms with van der Waals surface area (Å²) < 4.78 is 7.52. The molecule has 0 atom stereocenters. The number of rotatable bonds is 8. The molecule has 2 N–H and O–H groups in total. The van der Waals surface area contributed by atoms with Gasteiger partial charge in [-0.1, -0.05) is 41.4 Å². The summed E-state index contributed by atoms with van der Waals surface area (Å²) in [5, 5.41) is 7.64. The number of hydrogen-bond donors (Lipinski definition) is 2. The summed E-state index contributed by atoms with van der Waals surface area (Å²) in [5.74, 6) is 1.66. The van der Waals surface area contributed by atoms with Gasteiger partial charge in [0.1, 0.15) is 10.9 Å². The van der Waals surface area contributed by atoms with Crippen molar-refractivity contribution in [2.24, 2.45) is 12.0 Å². The lowest BCUT2D eigenvalue weighted by Gasteiger charge is -2.12. The van der Waals surface area contributed by atoms with E-state index in [1.54, 1.807) is 7.05 Å². The van der Waals surface area contributed by atoms with Crippen LogP contribution in [0.15, 0.2) is 41.4 Å². The van der Waals surface area contributed by atoms with Gasteiger partial charge < -0.3 is 19.9 Å². The molecule has 2 aromatic rings. The van der Waals surface area contributed by atoms with Gasteiger partial charge in [0.05, 0.1) is 18.2 Å². The van der Waals surface area contributed by atoms with E-state index < -0.39 is 0 Å². The molecule has 1 heterocycles. The van der Waals surface area contributed by atoms with Gasteiger partial charge in [-0.15, -0.1) is 24.0 Å². The molecule has 0 aliphatic heterocycles. The maximum Gasteiger partial charge on any atom is 0.191 e. The second-order valence-electron chi connectivity index (χ2n) is 5.55. The Bertz CT molecular complexity index is 692. The number of nitrogens with one attached hydrogen (secondary N) is 2. The number of unbranched alkanes of at least 4 members (excludes halogenated alkanes) is 1. The average Bonchev–Trinajstić information content (AvgIpc) is 2.88. The number of halogens is 3. The molecule has 8 heteroatoms. The molecule has 0 aliphatic carbocycles. The number of aromatic nitrogens is 1. The van der Waals surface area contributed by atoms with Gasteiger partial charge in [-0.3, -0.25) is 4.99 Å². The van der Waals surface area contributed by atoms with Crippen molar-refractivity contribution in [2.45, 2.75) is 19.4 Å². The van der Waals surface area contributed by atoms with Gasteiger partial charge >= 0.3 is 0 Å². The number of ether oxygens (including phenoxy) is 1. The molecule has 1 aromatic carbocycles. The average molecular weight is 511 g/mol. The molecule has 1 aromatic heterocycles. The van der Waals surface area contributed by atoms with Crippen LogP contribution in [0.25, 0.3) is 0 Å². The lowest BCUT2D eigenvalue weighted by Crippen LogP contribution is -2.37. The second kappa shape index (κ2) is 12.3. The highest BCUT2D eigenvalue weighted by Crippen LogP contribution is 2.24. The molecule has 0 unspecified atom stereocenters. The van der Waals surface area contributed by atoms with E-state index in [9.17, 15) is 0 Å². The highest BCUT2D eigenvalue weighted by molar-refractivity contribution is 14.0. The minimum atomic E-state index is 0. The largest absolute Gasteiger partial charge is 0.494 e. The summed E-state index contributed by atoms with van der Waals surface area (Å²) in [6, 6.07) is 11.7. The summed E-state index contributed by atoms with van der Waals surface area (Å²) in [5.41, 5.74) is 0.995. The predicted octanol–water partition coefficient (Wildman–Crippen LogP) is 4.47. The van der Waals surface area contributed by atoms with Gasteiger partial charge in [-0.2, -0.15) is 0 Å². The zero-order valence-corrected chi connectivity index (χ0v) is 18.8. The molecule has 0 bridgehead atoms. The lowest BCUT2D eigenvalue weighted by molar-refractivity contribution is 0.307. The molecule has 26 heavy (non-hydrogen) atoms. The van der Waals surface area contributed by atoms with Crippen LogP contribution in [0.2, 0.25) is 10.2 Å². The third-order valence-electron chi connectivity index (χ3n) is 3.75. The fourth-order valence-electron chi connectivity index (χ4n) is 2.29. The molecule has 0 aliphatic rings. The molecule has 0 radical (unpaired) electrons. The van der Waals surface area contributed by atoms with Crippen LogP contribution in [0.1, 0.15) is 18.5 Å². The number of nitrogens with zero attached hydrogens (tertiary/aromatic N) is 2. The molecule has 0 saturated heterocycles. The van der Waals surface area contributed by atoms with Gasteiger partial charge in [-0.25, -0.2) is 0 Å². The maximum atomic E-state index is 6.07. The van der Waals surface area contributed by atoms with Crippen molar-refractivity contribution in [1.82, 2.24) is 15.2 Å². The summed E-state index contributed by atoms with van der Waals surface area (Å²) in [4.78, 5) is 4.22. The van der Waals surface area contributed by atoms with Crippen molar-refractivity contribution in [2.75, 3.05) is 20.2 Å². The Hall–Kier alpha value is -1.12. The number of guanidine groups is 1. The molecule has 0 amide bonds. The Morgan fingerprint density at radius 3 is 2.50 bits per heavy atom. The fraction of sp³-hybridized carbons (Fsp3) is 0.389. The normalized spacial score (nSPS) is 11.0. The highest BCUT2D eigenvalue weighted by Gasteiger charge is 2.09. The number of benzene rings is 1. The number of aliphatic imine (C=N–C) groups is 1. The van der Waals surface area contributed by atoms with Crippen molar-refractivity contribution in [3.63, 3.8) is 0 Å². The van der Waals surface area contributed by atoms with E-state index in [4.69, 9.17) is 27.9 Å². The summed E-state index contributed by atoms with van der Waals surface area (Å²) >= 11 is 12.1. The first-order valence-corrected chi connectivity index (χ1v) is 8.99. The van der Waals surface area contributed by atoms with Crippen molar-refractivity contribution < 1.29 is 4.74 Å². The van der Waals surface area contributed by atoms with Crippen LogP contribution in [0.5, 0.6) is 5.75 Å². The molecule has 5 nitrogen and oxygen atoms in total. The maximum absolute atomic E-state index is 6.07. The molecule has 0 spiro atoms.